The second kappa shape index (κ2) is 6.37. The first-order valence-corrected chi connectivity index (χ1v) is 9.21. The molecule has 0 unspecified atom stereocenters. The van der Waals surface area contributed by atoms with Crippen molar-refractivity contribution in [3.05, 3.63) is 54.0 Å². The minimum atomic E-state index is -4.38. The lowest BCUT2D eigenvalue weighted by Crippen LogP contribution is -2.01. The van der Waals surface area contributed by atoms with Crippen LogP contribution in [-0.2, 0) is 16.5 Å². The summed E-state index contributed by atoms with van der Waals surface area (Å²) in [5, 5.41) is 0.576. The van der Waals surface area contributed by atoms with Crippen LogP contribution in [0.1, 0.15) is 25.3 Å². The van der Waals surface area contributed by atoms with Crippen LogP contribution in [0.2, 0.25) is 0 Å². The van der Waals surface area contributed by atoms with Crippen molar-refractivity contribution in [3.63, 3.8) is 0 Å². The Morgan fingerprint density at radius 1 is 1.12 bits per heavy atom. The zero-order valence-electron chi connectivity index (χ0n) is 13.2. The van der Waals surface area contributed by atoms with Crippen LogP contribution in [0.15, 0.2) is 47.5 Å². The summed E-state index contributed by atoms with van der Waals surface area (Å²) in [4.78, 5) is 2.84. The molecule has 1 heterocycles. The molecule has 0 bridgehead atoms. The van der Waals surface area contributed by atoms with E-state index in [0.29, 0.717) is 22.0 Å². The van der Waals surface area contributed by atoms with E-state index in [4.69, 9.17) is 0 Å². The van der Waals surface area contributed by atoms with Crippen molar-refractivity contribution < 1.29 is 17.4 Å². The Morgan fingerprint density at radius 2 is 1.92 bits per heavy atom. The number of halogens is 1. The predicted octanol–water partition coefficient (Wildman–Crippen LogP) is 4.56. The molecule has 0 spiro atoms. The van der Waals surface area contributed by atoms with Crippen LogP contribution in [0.5, 0.6) is 0 Å². The molecule has 3 aromatic rings. The molecule has 1 aromatic heterocycles. The molecular weight excluding hydrogens is 329 g/mol. The average Bonchev–Trinajstić information content (AvgIpc) is 2.94. The summed E-state index contributed by atoms with van der Waals surface area (Å²) >= 11 is 0. The summed E-state index contributed by atoms with van der Waals surface area (Å²) in [5.74, 6) is -0.404. The Labute approximate surface area is 140 Å². The van der Waals surface area contributed by atoms with Gasteiger partial charge in [-0.2, -0.15) is 8.42 Å². The van der Waals surface area contributed by atoms with E-state index in [1.165, 1.54) is 18.2 Å². The van der Waals surface area contributed by atoms with Gasteiger partial charge in [0.05, 0.1) is 0 Å². The van der Waals surface area contributed by atoms with Gasteiger partial charge in [-0.25, -0.2) is 4.39 Å². The van der Waals surface area contributed by atoms with Crippen LogP contribution in [-0.4, -0.2) is 18.0 Å². The molecule has 0 saturated heterocycles. The highest BCUT2D eigenvalue weighted by molar-refractivity contribution is 7.86. The fourth-order valence-corrected chi connectivity index (χ4v) is 3.55. The molecule has 24 heavy (non-hydrogen) atoms. The predicted molar refractivity (Wildman–Crippen MR) is 92.1 cm³/mol. The maximum atomic E-state index is 13.6. The number of aromatic amines is 1. The monoisotopic (exact) mass is 347 g/mol. The molecule has 2 aromatic carbocycles. The number of nitrogens with one attached hydrogen (secondary N) is 1. The van der Waals surface area contributed by atoms with Gasteiger partial charge in [0, 0.05) is 28.2 Å². The van der Waals surface area contributed by atoms with E-state index >= 15 is 0 Å². The molecule has 0 fully saturated rings. The zero-order chi connectivity index (χ0) is 17.3. The first-order chi connectivity index (χ1) is 11.4. The zero-order valence-corrected chi connectivity index (χ0v) is 14.0. The number of H-pyrrole nitrogens is 1. The van der Waals surface area contributed by atoms with Gasteiger partial charge < -0.3 is 4.98 Å². The second-order valence-electron chi connectivity index (χ2n) is 5.80. The SMILES string of the molecule is CCCCc1ccc(S(=O)(=O)O)c(-c2c[nH]c3ccc(F)cc23)c1. The standard InChI is InChI=1S/C18H18FNO3S/c1-2-3-4-12-5-8-18(24(21,22)23)15(9-12)16-11-20-17-7-6-13(19)10-14(16)17/h5-11,20H,2-4H2,1H3,(H,21,22,23). The largest absolute Gasteiger partial charge is 0.361 e. The number of aromatic nitrogens is 1. The Morgan fingerprint density at radius 3 is 2.62 bits per heavy atom. The smallest absolute Gasteiger partial charge is 0.295 e. The van der Waals surface area contributed by atoms with Crippen LogP contribution in [0, 0.1) is 5.82 Å². The van der Waals surface area contributed by atoms with Gasteiger partial charge in [-0.15, -0.1) is 0 Å². The van der Waals surface area contributed by atoms with E-state index in [1.54, 1.807) is 24.4 Å². The van der Waals surface area contributed by atoms with Gasteiger partial charge in [0.15, 0.2) is 0 Å². The molecule has 0 aliphatic carbocycles. The summed E-state index contributed by atoms with van der Waals surface area (Å²) in [5.41, 5.74) is 2.61. The molecule has 0 saturated carbocycles. The van der Waals surface area contributed by atoms with E-state index in [0.717, 1.165) is 24.8 Å². The van der Waals surface area contributed by atoms with Crippen LogP contribution in [0.3, 0.4) is 0 Å². The Bertz CT molecular complexity index is 993. The average molecular weight is 347 g/mol. The third kappa shape index (κ3) is 3.20. The van der Waals surface area contributed by atoms with Crippen LogP contribution < -0.4 is 0 Å². The molecule has 0 radical (unpaired) electrons. The molecule has 0 aliphatic heterocycles. The maximum absolute atomic E-state index is 13.6. The topological polar surface area (TPSA) is 70.2 Å². The van der Waals surface area contributed by atoms with Gasteiger partial charge in [-0.3, -0.25) is 4.55 Å². The first-order valence-electron chi connectivity index (χ1n) is 7.77. The number of benzene rings is 2. The molecule has 0 atom stereocenters. The van der Waals surface area contributed by atoms with Crippen molar-refractivity contribution >= 4 is 21.0 Å². The molecule has 0 aliphatic rings. The lowest BCUT2D eigenvalue weighted by atomic mass is 10.00. The summed E-state index contributed by atoms with van der Waals surface area (Å²) in [6.07, 6.45) is 4.45. The fraction of sp³-hybridized carbons (Fsp3) is 0.222. The number of hydrogen-bond acceptors (Lipinski definition) is 2. The lowest BCUT2D eigenvalue weighted by molar-refractivity contribution is 0.483. The van der Waals surface area contributed by atoms with Crippen molar-refractivity contribution in [2.24, 2.45) is 0 Å². The van der Waals surface area contributed by atoms with E-state index in [2.05, 4.69) is 11.9 Å². The Hall–Kier alpha value is -2.18. The molecule has 3 rings (SSSR count). The summed E-state index contributed by atoms with van der Waals surface area (Å²) in [6.45, 7) is 2.08. The molecule has 6 heteroatoms. The van der Waals surface area contributed by atoms with Crippen molar-refractivity contribution in [1.82, 2.24) is 4.98 Å². The number of fused-ring (bicyclic) bond motifs is 1. The third-order valence-corrected chi connectivity index (χ3v) is 4.99. The van der Waals surface area contributed by atoms with Gasteiger partial charge in [0.25, 0.3) is 10.1 Å². The van der Waals surface area contributed by atoms with Gasteiger partial charge >= 0.3 is 0 Å². The fourth-order valence-electron chi connectivity index (χ4n) is 2.86. The molecular formula is C18H18FNO3S. The normalized spacial score (nSPS) is 12.0. The Kier molecular flexibility index (Phi) is 4.43. The van der Waals surface area contributed by atoms with Crippen molar-refractivity contribution in [1.29, 1.82) is 0 Å². The molecule has 126 valence electrons. The summed E-state index contributed by atoms with van der Waals surface area (Å²) in [6, 6.07) is 9.16. The van der Waals surface area contributed by atoms with Gasteiger partial charge in [-0.1, -0.05) is 19.4 Å². The number of hydrogen-bond donors (Lipinski definition) is 2. The van der Waals surface area contributed by atoms with E-state index in [9.17, 15) is 17.4 Å². The highest BCUT2D eigenvalue weighted by Crippen LogP contribution is 2.34. The van der Waals surface area contributed by atoms with Crippen LogP contribution in [0.25, 0.3) is 22.0 Å². The number of aryl methyl sites for hydroxylation is 1. The number of unbranched alkanes of at least 4 members (excludes halogenated alkanes) is 1. The minimum absolute atomic E-state index is 0.173. The maximum Gasteiger partial charge on any atom is 0.295 e. The molecule has 0 amide bonds. The van der Waals surface area contributed by atoms with Crippen molar-refractivity contribution in [2.75, 3.05) is 0 Å². The molecule has 4 nitrogen and oxygen atoms in total. The lowest BCUT2D eigenvalue weighted by Gasteiger charge is -2.10. The summed E-state index contributed by atoms with van der Waals surface area (Å²) < 4.78 is 46.7. The highest BCUT2D eigenvalue weighted by Gasteiger charge is 2.19. The highest BCUT2D eigenvalue weighted by atomic mass is 32.2. The van der Waals surface area contributed by atoms with E-state index in [1.807, 2.05) is 0 Å². The van der Waals surface area contributed by atoms with Gasteiger partial charge in [-0.05, 0) is 48.7 Å². The van der Waals surface area contributed by atoms with Crippen LogP contribution >= 0.6 is 0 Å². The van der Waals surface area contributed by atoms with Crippen molar-refractivity contribution in [2.45, 2.75) is 31.1 Å². The van der Waals surface area contributed by atoms with Crippen molar-refractivity contribution in [3.8, 4) is 11.1 Å². The van der Waals surface area contributed by atoms with Gasteiger partial charge in [0.1, 0.15) is 10.7 Å². The van der Waals surface area contributed by atoms with Crippen LogP contribution in [0.4, 0.5) is 4.39 Å². The first kappa shape index (κ1) is 16.7. The van der Waals surface area contributed by atoms with E-state index < -0.39 is 15.9 Å². The second-order valence-corrected chi connectivity index (χ2v) is 7.19. The van der Waals surface area contributed by atoms with E-state index in [-0.39, 0.29) is 4.90 Å². The van der Waals surface area contributed by atoms with Gasteiger partial charge in [0.2, 0.25) is 0 Å². The quantitative estimate of drug-likeness (QED) is 0.665. The summed E-state index contributed by atoms with van der Waals surface area (Å²) in [7, 11) is -4.38. The minimum Gasteiger partial charge on any atom is -0.361 e. The third-order valence-electron chi connectivity index (χ3n) is 4.07. The molecule has 2 N–H and O–H groups in total. The number of rotatable bonds is 5. The Balaban J connectivity index is 2.24.